The maximum atomic E-state index is 11.9. The Morgan fingerprint density at radius 3 is 2.34 bits per heavy atom. The zero-order valence-corrected chi connectivity index (χ0v) is 21.3. The molecule has 0 radical (unpaired) electrons. The van der Waals surface area contributed by atoms with Gasteiger partial charge in [-0.1, -0.05) is 13.8 Å². The molecule has 0 amide bonds. The summed E-state index contributed by atoms with van der Waals surface area (Å²) in [6.07, 6.45) is 5.43. The van der Waals surface area contributed by atoms with Crippen molar-refractivity contribution in [3.63, 3.8) is 0 Å². The molecule has 2 aliphatic rings. The van der Waals surface area contributed by atoms with Crippen LogP contribution in [-0.2, 0) is 9.53 Å². The predicted octanol–water partition coefficient (Wildman–Crippen LogP) is 3.60. The average molecular weight is 523 g/mol. The number of likely N-dealkylation sites (tertiary alicyclic amines) is 2. The lowest BCUT2D eigenvalue weighted by atomic mass is 9.92. The zero-order valence-electron chi connectivity index (χ0n) is 19.0. The third-order valence-corrected chi connectivity index (χ3v) is 5.84. The number of nitrogens with one attached hydrogen (secondary N) is 1. The fourth-order valence-electron chi connectivity index (χ4n) is 4.62. The molecule has 170 valence electrons. The number of aliphatic imine (C=N–C) groups is 1. The summed E-state index contributed by atoms with van der Waals surface area (Å²) >= 11 is 0. The van der Waals surface area contributed by atoms with Gasteiger partial charge < -0.3 is 19.9 Å². The van der Waals surface area contributed by atoms with Gasteiger partial charge in [0.1, 0.15) is 0 Å². The highest BCUT2D eigenvalue weighted by Gasteiger charge is 2.27. The van der Waals surface area contributed by atoms with Crippen LogP contribution in [0.15, 0.2) is 4.99 Å². The van der Waals surface area contributed by atoms with Crippen molar-refractivity contribution in [2.75, 3.05) is 52.4 Å². The first kappa shape index (κ1) is 26.5. The summed E-state index contributed by atoms with van der Waals surface area (Å²) in [6.45, 7) is 16.4. The van der Waals surface area contributed by atoms with Crippen LogP contribution in [-0.4, -0.2) is 74.1 Å². The molecule has 0 aliphatic carbocycles. The monoisotopic (exact) mass is 522 g/mol. The molecule has 7 heteroatoms. The summed E-state index contributed by atoms with van der Waals surface area (Å²) in [5.41, 5.74) is 0. The number of halogens is 1. The summed E-state index contributed by atoms with van der Waals surface area (Å²) in [7, 11) is 0. The van der Waals surface area contributed by atoms with E-state index in [2.05, 4.69) is 35.9 Å². The molecule has 0 aromatic rings. The van der Waals surface area contributed by atoms with Crippen molar-refractivity contribution in [1.29, 1.82) is 0 Å². The second kappa shape index (κ2) is 14.4. The molecular formula is C22H43IN4O2. The summed E-state index contributed by atoms with van der Waals surface area (Å²) in [6, 6.07) is 0. The minimum atomic E-state index is -0.0366. The highest BCUT2D eigenvalue weighted by atomic mass is 127. The van der Waals surface area contributed by atoms with Gasteiger partial charge in [-0.3, -0.25) is 9.79 Å². The summed E-state index contributed by atoms with van der Waals surface area (Å²) in [5.74, 6) is 2.68. The first-order valence-corrected chi connectivity index (χ1v) is 11.5. The number of carbonyl (C=O) groups excluding carboxylic acids is 1. The molecule has 0 aromatic carbocycles. The Balaban J connectivity index is 0.00000420. The molecule has 0 aromatic heterocycles. The van der Waals surface area contributed by atoms with Crippen molar-refractivity contribution >= 4 is 35.9 Å². The van der Waals surface area contributed by atoms with Gasteiger partial charge in [-0.05, 0) is 64.3 Å². The van der Waals surface area contributed by atoms with E-state index in [1.165, 1.54) is 32.5 Å². The van der Waals surface area contributed by atoms with E-state index in [1.807, 2.05) is 6.92 Å². The van der Waals surface area contributed by atoms with Gasteiger partial charge >= 0.3 is 5.97 Å². The number of nitrogens with zero attached hydrogens (tertiary/aromatic N) is 3. The zero-order chi connectivity index (χ0) is 20.4. The molecule has 29 heavy (non-hydrogen) atoms. The Labute approximate surface area is 195 Å². The molecular weight excluding hydrogens is 479 g/mol. The van der Waals surface area contributed by atoms with Crippen molar-refractivity contribution in [2.24, 2.45) is 22.7 Å². The van der Waals surface area contributed by atoms with Crippen molar-refractivity contribution in [3.05, 3.63) is 0 Å². The van der Waals surface area contributed by atoms with Gasteiger partial charge in [0, 0.05) is 39.3 Å². The van der Waals surface area contributed by atoms with Crippen molar-refractivity contribution in [1.82, 2.24) is 15.1 Å². The highest BCUT2D eigenvalue weighted by molar-refractivity contribution is 14.0. The van der Waals surface area contributed by atoms with Gasteiger partial charge in [-0.2, -0.15) is 0 Å². The number of hydrogen-bond donors (Lipinski definition) is 1. The second-order valence-corrected chi connectivity index (χ2v) is 8.66. The lowest BCUT2D eigenvalue weighted by molar-refractivity contribution is -0.149. The maximum Gasteiger partial charge on any atom is 0.309 e. The number of hydrogen-bond acceptors (Lipinski definition) is 4. The fourth-order valence-corrected chi connectivity index (χ4v) is 4.62. The number of esters is 1. The summed E-state index contributed by atoms with van der Waals surface area (Å²) in [5, 5.41) is 3.42. The average Bonchev–Trinajstić information content (AvgIpc) is 2.66. The molecule has 2 aliphatic heterocycles. The Hall–Kier alpha value is -0.570. The number of unbranched alkanes of at least 4 members (excludes halogenated alkanes) is 1. The Morgan fingerprint density at radius 2 is 1.76 bits per heavy atom. The van der Waals surface area contributed by atoms with E-state index in [9.17, 15) is 4.79 Å². The molecule has 2 fully saturated rings. The van der Waals surface area contributed by atoms with Gasteiger partial charge in [-0.25, -0.2) is 0 Å². The lowest BCUT2D eigenvalue weighted by Gasteiger charge is -2.35. The van der Waals surface area contributed by atoms with Crippen LogP contribution in [0.25, 0.3) is 0 Å². The highest BCUT2D eigenvalue weighted by Crippen LogP contribution is 2.21. The van der Waals surface area contributed by atoms with E-state index >= 15 is 0 Å². The molecule has 1 N–H and O–H groups in total. The van der Waals surface area contributed by atoms with E-state index in [1.54, 1.807) is 0 Å². The van der Waals surface area contributed by atoms with E-state index < -0.39 is 0 Å². The van der Waals surface area contributed by atoms with Crippen LogP contribution in [0, 0.1) is 17.8 Å². The molecule has 0 saturated carbocycles. The number of ether oxygens (including phenoxy) is 1. The topological polar surface area (TPSA) is 57.2 Å². The number of carbonyl (C=O) groups is 1. The first-order chi connectivity index (χ1) is 13.5. The molecule has 2 saturated heterocycles. The summed E-state index contributed by atoms with van der Waals surface area (Å²) < 4.78 is 5.17. The fraction of sp³-hybridized carbons (Fsp3) is 0.909. The summed E-state index contributed by atoms with van der Waals surface area (Å²) in [4.78, 5) is 21.7. The van der Waals surface area contributed by atoms with E-state index in [0.717, 1.165) is 63.2 Å². The van der Waals surface area contributed by atoms with Crippen LogP contribution in [0.4, 0.5) is 0 Å². The molecule has 0 bridgehead atoms. The molecule has 6 nitrogen and oxygen atoms in total. The van der Waals surface area contributed by atoms with Crippen LogP contribution in [0.3, 0.4) is 0 Å². The quantitative estimate of drug-likeness (QED) is 0.174. The predicted molar refractivity (Wildman–Crippen MR) is 131 cm³/mol. The largest absolute Gasteiger partial charge is 0.466 e. The van der Waals surface area contributed by atoms with E-state index in [4.69, 9.17) is 9.73 Å². The van der Waals surface area contributed by atoms with Crippen molar-refractivity contribution in [3.8, 4) is 0 Å². The van der Waals surface area contributed by atoms with Crippen molar-refractivity contribution in [2.45, 2.75) is 59.8 Å². The van der Waals surface area contributed by atoms with Crippen molar-refractivity contribution < 1.29 is 9.53 Å². The van der Waals surface area contributed by atoms with Gasteiger partial charge in [0.25, 0.3) is 0 Å². The van der Waals surface area contributed by atoms with Crippen LogP contribution in [0.5, 0.6) is 0 Å². The van der Waals surface area contributed by atoms with E-state index in [-0.39, 0.29) is 35.9 Å². The molecule has 2 heterocycles. The van der Waals surface area contributed by atoms with Crippen LogP contribution in [0.2, 0.25) is 0 Å². The molecule has 2 rings (SSSR count). The van der Waals surface area contributed by atoms with Crippen LogP contribution >= 0.6 is 24.0 Å². The van der Waals surface area contributed by atoms with Gasteiger partial charge in [0.2, 0.25) is 0 Å². The number of rotatable bonds is 8. The third kappa shape index (κ3) is 9.40. The minimum Gasteiger partial charge on any atom is -0.466 e. The normalized spacial score (nSPS) is 24.1. The lowest BCUT2D eigenvalue weighted by Crippen LogP contribution is -2.46. The Morgan fingerprint density at radius 1 is 1.10 bits per heavy atom. The minimum absolute atomic E-state index is 0. The van der Waals surface area contributed by atoms with Crippen LogP contribution in [0.1, 0.15) is 59.8 Å². The number of guanidine groups is 1. The molecule has 2 atom stereocenters. The molecule has 2 unspecified atom stereocenters. The Bertz CT molecular complexity index is 485. The van der Waals surface area contributed by atoms with Crippen LogP contribution < -0.4 is 5.32 Å². The maximum absolute atomic E-state index is 11.9. The molecule has 0 spiro atoms. The smallest absolute Gasteiger partial charge is 0.309 e. The standard InChI is InChI=1S/C22H42N4O2.HI/c1-5-23-22(26-13-9-20(10-14-26)21(27)28-6-2)24-11-7-8-12-25-16-18(3)15-19(4)17-25;/h18-20H,5-17H2,1-4H3,(H,23,24);1H. The Kier molecular flexibility index (Phi) is 13.2. The van der Waals surface area contributed by atoms with E-state index in [0.29, 0.717) is 6.61 Å². The first-order valence-electron chi connectivity index (χ1n) is 11.5. The SMILES string of the molecule is CCNC(=NCCCCN1CC(C)CC(C)C1)N1CCC(C(=O)OCC)CC1.I. The second-order valence-electron chi connectivity index (χ2n) is 8.66. The van der Waals surface area contributed by atoms with Gasteiger partial charge in [0.15, 0.2) is 5.96 Å². The number of piperidine rings is 2. The van der Waals surface area contributed by atoms with Gasteiger partial charge in [0.05, 0.1) is 12.5 Å². The third-order valence-electron chi connectivity index (χ3n) is 5.84. The van der Waals surface area contributed by atoms with Gasteiger partial charge in [-0.15, -0.1) is 24.0 Å².